The van der Waals surface area contributed by atoms with Crippen molar-refractivity contribution in [3.05, 3.63) is 60.2 Å². The van der Waals surface area contributed by atoms with Crippen molar-refractivity contribution in [1.82, 2.24) is 20.0 Å². The molecule has 0 aromatic heterocycles. The van der Waals surface area contributed by atoms with Crippen LogP contribution in [0.5, 0.6) is 11.5 Å². The molecule has 0 bridgehead atoms. The van der Waals surface area contributed by atoms with Gasteiger partial charge in [-0.25, -0.2) is 0 Å². The lowest BCUT2D eigenvalue weighted by molar-refractivity contribution is -0.134. The molecule has 1 N–H and O–H groups in total. The molecule has 4 rings (SSSR count). The van der Waals surface area contributed by atoms with Gasteiger partial charge in [-0.3, -0.25) is 19.3 Å². The minimum absolute atomic E-state index is 0.0478. The largest absolute Gasteiger partial charge is 0.457 e. The summed E-state index contributed by atoms with van der Waals surface area (Å²) in [6, 6.07) is 16.2. The van der Waals surface area contributed by atoms with E-state index in [1.807, 2.05) is 35.2 Å². The maximum Gasteiger partial charge on any atom is 0.251 e. The van der Waals surface area contributed by atoms with Gasteiger partial charge in [0.2, 0.25) is 11.8 Å². The summed E-state index contributed by atoms with van der Waals surface area (Å²) in [6.45, 7) is 4.56. The van der Waals surface area contributed by atoms with E-state index in [0.717, 1.165) is 31.7 Å². The summed E-state index contributed by atoms with van der Waals surface area (Å²) in [5.74, 6) is 1.14. The predicted molar refractivity (Wildman–Crippen MR) is 133 cm³/mol. The fourth-order valence-corrected chi connectivity index (χ4v) is 4.44. The van der Waals surface area contributed by atoms with Crippen LogP contribution in [0.2, 0.25) is 0 Å². The van der Waals surface area contributed by atoms with Crippen LogP contribution in [0.25, 0.3) is 0 Å². The highest BCUT2D eigenvalue weighted by molar-refractivity contribution is 5.96. The molecule has 2 heterocycles. The second-order valence-electron chi connectivity index (χ2n) is 9.07. The molecule has 2 aromatic rings. The molecule has 186 valence electrons. The SMILES string of the molecule is O=C(NCC(=O)N1CCN(CC(=O)N2CCCCCC2)CC1)c1ccc(Oc2ccccc2)cc1. The normalized spacial score (nSPS) is 16.9. The quantitative estimate of drug-likeness (QED) is 0.662. The van der Waals surface area contributed by atoms with Crippen molar-refractivity contribution in [1.29, 1.82) is 0 Å². The Morgan fingerprint density at radius 1 is 0.686 bits per heavy atom. The fourth-order valence-electron chi connectivity index (χ4n) is 4.44. The third-order valence-electron chi connectivity index (χ3n) is 6.54. The lowest BCUT2D eigenvalue weighted by Gasteiger charge is -2.35. The Bertz CT molecular complexity index is 980. The van der Waals surface area contributed by atoms with E-state index in [1.165, 1.54) is 12.8 Å². The number of rotatable bonds is 7. The Labute approximate surface area is 206 Å². The van der Waals surface area contributed by atoms with E-state index in [1.54, 1.807) is 29.2 Å². The Hall–Kier alpha value is -3.39. The van der Waals surface area contributed by atoms with Gasteiger partial charge < -0.3 is 19.9 Å². The summed E-state index contributed by atoms with van der Waals surface area (Å²) in [5.41, 5.74) is 0.468. The molecule has 0 unspecified atom stereocenters. The maximum atomic E-state index is 12.6. The van der Waals surface area contributed by atoms with Gasteiger partial charge in [-0.15, -0.1) is 0 Å². The van der Waals surface area contributed by atoms with E-state index in [2.05, 4.69) is 10.2 Å². The molecule has 35 heavy (non-hydrogen) atoms. The monoisotopic (exact) mass is 478 g/mol. The van der Waals surface area contributed by atoms with Crippen LogP contribution in [0.3, 0.4) is 0 Å². The molecule has 0 atom stereocenters. The Kier molecular flexibility index (Phi) is 8.73. The number of likely N-dealkylation sites (tertiary alicyclic amines) is 1. The van der Waals surface area contributed by atoms with E-state index < -0.39 is 0 Å². The molecule has 0 radical (unpaired) electrons. The average molecular weight is 479 g/mol. The lowest BCUT2D eigenvalue weighted by Crippen LogP contribution is -2.53. The number of amides is 3. The molecule has 2 aromatic carbocycles. The van der Waals surface area contributed by atoms with Gasteiger partial charge >= 0.3 is 0 Å². The number of carbonyl (C=O) groups excluding carboxylic acids is 3. The number of carbonyl (C=O) groups is 3. The minimum atomic E-state index is -0.300. The van der Waals surface area contributed by atoms with Gasteiger partial charge in [-0.05, 0) is 49.2 Å². The van der Waals surface area contributed by atoms with E-state index in [9.17, 15) is 14.4 Å². The number of benzene rings is 2. The van der Waals surface area contributed by atoms with Gasteiger partial charge in [0.25, 0.3) is 5.91 Å². The van der Waals surface area contributed by atoms with Crippen molar-refractivity contribution in [3.8, 4) is 11.5 Å². The zero-order chi connectivity index (χ0) is 24.5. The van der Waals surface area contributed by atoms with Crippen molar-refractivity contribution in [2.45, 2.75) is 25.7 Å². The second-order valence-corrected chi connectivity index (χ2v) is 9.07. The molecular weight excluding hydrogens is 444 g/mol. The summed E-state index contributed by atoms with van der Waals surface area (Å²) in [5, 5.41) is 2.71. The standard InChI is InChI=1S/C27H34N4O4/c32-25(31-18-16-29(17-19-31)21-26(33)30-14-6-1-2-7-15-30)20-28-27(34)22-10-12-24(13-11-22)35-23-8-4-3-5-9-23/h3-5,8-13H,1-2,6-7,14-21H2,(H,28,34). The number of ether oxygens (including phenoxy) is 1. The number of hydrogen-bond donors (Lipinski definition) is 1. The second kappa shape index (κ2) is 12.4. The highest BCUT2D eigenvalue weighted by Gasteiger charge is 2.24. The number of hydrogen-bond acceptors (Lipinski definition) is 5. The first kappa shape index (κ1) is 24.7. The third kappa shape index (κ3) is 7.29. The van der Waals surface area contributed by atoms with Gasteiger partial charge in [-0.1, -0.05) is 31.0 Å². The van der Waals surface area contributed by atoms with Crippen molar-refractivity contribution >= 4 is 17.7 Å². The molecule has 2 aliphatic rings. The zero-order valence-corrected chi connectivity index (χ0v) is 20.2. The van der Waals surface area contributed by atoms with Crippen molar-refractivity contribution in [3.63, 3.8) is 0 Å². The number of para-hydroxylation sites is 1. The van der Waals surface area contributed by atoms with E-state index in [4.69, 9.17) is 4.74 Å². The van der Waals surface area contributed by atoms with Crippen LogP contribution in [-0.2, 0) is 9.59 Å². The Morgan fingerprint density at radius 2 is 1.29 bits per heavy atom. The average Bonchev–Trinajstić information content (AvgIpc) is 3.18. The summed E-state index contributed by atoms with van der Waals surface area (Å²) >= 11 is 0. The van der Waals surface area contributed by atoms with Crippen LogP contribution in [0.1, 0.15) is 36.0 Å². The number of nitrogens with one attached hydrogen (secondary N) is 1. The Morgan fingerprint density at radius 3 is 1.94 bits per heavy atom. The smallest absolute Gasteiger partial charge is 0.251 e. The lowest BCUT2D eigenvalue weighted by atomic mass is 10.2. The summed E-state index contributed by atoms with van der Waals surface area (Å²) in [6.07, 6.45) is 4.58. The maximum absolute atomic E-state index is 12.6. The van der Waals surface area contributed by atoms with Crippen LogP contribution in [0.15, 0.2) is 54.6 Å². The summed E-state index contributed by atoms with van der Waals surface area (Å²) in [7, 11) is 0. The minimum Gasteiger partial charge on any atom is -0.457 e. The van der Waals surface area contributed by atoms with Crippen LogP contribution in [-0.4, -0.2) is 84.8 Å². The van der Waals surface area contributed by atoms with Crippen LogP contribution >= 0.6 is 0 Å². The topological polar surface area (TPSA) is 82.2 Å². The highest BCUT2D eigenvalue weighted by atomic mass is 16.5. The molecule has 2 aliphatic heterocycles. The van der Waals surface area contributed by atoms with E-state index in [0.29, 0.717) is 44.0 Å². The summed E-state index contributed by atoms with van der Waals surface area (Å²) in [4.78, 5) is 43.5. The first-order valence-electron chi connectivity index (χ1n) is 12.5. The van der Waals surface area contributed by atoms with Gasteiger partial charge in [0.1, 0.15) is 11.5 Å². The third-order valence-corrected chi connectivity index (χ3v) is 6.54. The molecule has 0 aliphatic carbocycles. The molecule has 0 saturated carbocycles. The molecule has 0 spiro atoms. The molecule has 2 saturated heterocycles. The molecule has 8 heteroatoms. The molecular formula is C27H34N4O4. The predicted octanol–water partition coefficient (Wildman–Crippen LogP) is 2.76. The van der Waals surface area contributed by atoms with Gasteiger partial charge in [0, 0.05) is 44.8 Å². The highest BCUT2D eigenvalue weighted by Crippen LogP contribution is 2.21. The Balaban J connectivity index is 1.17. The van der Waals surface area contributed by atoms with Crippen molar-refractivity contribution in [2.75, 3.05) is 52.4 Å². The first-order chi connectivity index (χ1) is 17.1. The van der Waals surface area contributed by atoms with Crippen LogP contribution in [0.4, 0.5) is 0 Å². The fraction of sp³-hybridized carbons (Fsp3) is 0.444. The van der Waals surface area contributed by atoms with E-state index in [-0.39, 0.29) is 24.3 Å². The van der Waals surface area contributed by atoms with Crippen LogP contribution < -0.4 is 10.1 Å². The number of nitrogens with zero attached hydrogens (tertiary/aromatic N) is 3. The van der Waals surface area contributed by atoms with Crippen molar-refractivity contribution in [2.24, 2.45) is 0 Å². The van der Waals surface area contributed by atoms with E-state index >= 15 is 0 Å². The molecule has 2 fully saturated rings. The van der Waals surface area contributed by atoms with Crippen LogP contribution in [0, 0.1) is 0 Å². The van der Waals surface area contributed by atoms with Crippen molar-refractivity contribution < 1.29 is 19.1 Å². The van der Waals surface area contributed by atoms with Gasteiger partial charge in [0.15, 0.2) is 0 Å². The molecule has 8 nitrogen and oxygen atoms in total. The first-order valence-corrected chi connectivity index (χ1v) is 12.5. The summed E-state index contributed by atoms with van der Waals surface area (Å²) < 4.78 is 5.74. The van der Waals surface area contributed by atoms with Gasteiger partial charge in [0.05, 0.1) is 13.1 Å². The van der Waals surface area contributed by atoms with Gasteiger partial charge in [-0.2, -0.15) is 0 Å². The zero-order valence-electron chi connectivity index (χ0n) is 20.2. The molecule has 3 amide bonds. The number of piperazine rings is 1.